The van der Waals surface area contributed by atoms with E-state index in [1.54, 1.807) is 27.8 Å². The van der Waals surface area contributed by atoms with Crippen LogP contribution in [0.5, 0.6) is 0 Å². The molecule has 0 fully saturated rings. The molecule has 1 aromatic carbocycles. The van der Waals surface area contributed by atoms with Crippen molar-refractivity contribution in [2.75, 3.05) is 0 Å². The van der Waals surface area contributed by atoms with Gasteiger partial charge in [0.2, 0.25) is 0 Å². The minimum atomic E-state index is 1.23. The molecule has 0 aliphatic heterocycles. The lowest BCUT2D eigenvalue weighted by Crippen LogP contribution is -1.93. The average Bonchev–Trinajstić information content (AvgIpc) is 3.04. The fraction of sp³-hybridized carbons (Fsp3) is 0.444. The average molecular weight is 236 g/mol. The minimum absolute atomic E-state index is 1.23. The van der Waals surface area contributed by atoms with Gasteiger partial charge < -0.3 is 0 Å². The van der Waals surface area contributed by atoms with Crippen molar-refractivity contribution >= 4 is 5.57 Å². The van der Waals surface area contributed by atoms with Crippen LogP contribution in [0.15, 0.2) is 35.4 Å². The normalized spacial score (nSPS) is 21.9. The van der Waals surface area contributed by atoms with Crippen molar-refractivity contribution < 1.29 is 0 Å². The van der Waals surface area contributed by atoms with E-state index in [1.165, 1.54) is 56.9 Å². The minimum Gasteiger partial charge on any atom is -0.0626 e. The Labute approximate surface area is 109 Å². The highest BCUT2D eigenvalue weighted by atomic mass is 14.3. The van der Waals surface area contributed by atoms with Crippen LogP contribution in [-0.4, -0.2) is 0 Å². The van der Waals surface area contributed by atoms with Crippen molar-refractivity contribution in [1.82, 2.24) is 0 Å². The first-order valence-electron chi connectivity index (χ1n) is 7.44. The zero-order valence-corrected chi connectivity index (χ0v) is 11.0. The van der Waals surface area contributed by atoms with E-state index in [9.17, 15) is 0 Å². The second-order valence-corrected chi connectivity index (χ2v) is 6.02. The Morgan fingerprint density at radius 2 is 1.67 bits per heavy atom. The molecule has 0 radical (unpaired) electrons. The van der Waals surface area contributed by atoms with Gasteiger partial charge in [-0.25, -0.2) is 0 Å². The number of hydrogen-bond acceptors (Lipinski definition) is 0. The lowest BCUT2D eigenvalue weighted by molar-refractivity contribution is 0.681. The highest BCUT2D eigenvalue weighted by Crippen LogP contribution is 2.40. The Morgan fingerprint density at radius 1 is 0.778 bits per heavy atom. The molecule has 0 saturated heterocycles. The third kappa shape index (κ3) is 1.67. The zero-order valence-electron chi connectivity index (χ0n) is 11.0. The van der Waals surface area contributed by atoms with Gasteiger partial charge in [-0.3, -0.25) is 0 Å². The summed E-state index contributed by atoms with van der Waals surface area (Å²) in [4.78, 5) is 0. The summed E-state index contributed by atoms with van der Waals surface area (Å²) in [5.41, 5.74) is 9.67. The molecule has 0 N–H and O–H groups in total. The quantitative estimate of drug-likeness (QED) is 0.655. The van der Waals surface area contributed by atoms with E-state index >= 15 is 0 Å². The van der Waals surface area contributed by atoms with E-state index in [0.717, 1.165) is 0 Å². The first kappa shape index (κ1) is 10.6. The third-order valence-electron chi connectivity index (χ3n) is 4.85. The van der Waals surface area contributed by atoms with Gasteiger partial charge in [-0.15, -0.1) is 0 Å². The predicted octanol–water partition coefficient (Wildman–Crippen LogP) is 4.83. The van der Waals surface area contributed by atoms with Gasteiger partial charge >= 0.3 is 0 Å². The zero-order chi connectivity index (χ0) is 11.9. The van der Waals surface area contributed by atoms with Crippen LogP contribution in [0.3, 0.4) is 0 Å². The molecule has 92 valence electrons. The van der Waals surface area contributed by atoms with Crippen LogP contribution in [0.1, 0.15) is 55.2 Å². The van der Waals surface area contributed by atoms with Gasteiger partial charge in [-0.2, -0.15) is 0 Å². The van der Waals surface area contributed by atoms with Crippen molar-refractivity contribution in [1.29, 1.82) is 0 Å². The Balaban J connectivity index is 1.66. The van der Waals surface area contributed by atoms with Crippen LogP contribution < -0.4 is 0 Å². The monoisotopic (exact) mass is 236 g/mol. The number of aryl methyl sites for hydroxylation is 2. The second kappa shape index (κ2) is 4.12. The molecule has 3 aliphatic rings. The molecular formula is C18H20. The summed E-state index contributed by atoms with van der Waals surface area (Å²) in [6, 6.07) is 7.19. The highest BCUT2D eigenvalue weighted by Gasteiger charge is 2.20. The molecule has 0 aromatic heterocycles. The summed E-state index contributed by atoms with van der Waals surface area (Å²) in [6.07, 6.45) is 13.1. The SMILES string of the molecule is C1=C(c2ccc3c(c2)CCC3)CC2=C1CCCC2. The maximum Gasteiger partial charge on any atom is -0.00552 e. The Kier molecular flexibility index (Phi) is 2.43. The standard InChI is InChI=1S/C18H20/c1-2-5-16-12-18(11-15(16)4-1)17-9-8-13-6-3-7-14(13)10-17/h8-11H,1-7,12H2. The molecule has 0 amide bonds. The van der Waals surface area contributed by atoms with Gasteiger partial charge in [0.05, 0.1) is 0 Å². The van der Waals surface area contributed by atoms with Crippen molar-refractivity contribution in [2.45, 2.75) is 51.4 Å². The van der Waals surface area contributed by atoms with Crippen molar-refractivity contribution in [3.63, 3.8) is 0 Å². The lowest BCUT2D eigenvalue weighted by Gasteiger charge is -2.12. The molecule has 1 aromatic rings. The lowest BCUT2D eigenvalue weighted by atomic mass is 9.93. The highest BCUT2D eigenvalue weighted by molar-refractivity contribution is 5.75. The molecule has 0 bridgehead atoms. The van der Waals surface area contributed by atoms with Gasteiger partial charge in [0.25, 0.3) is 0 Å². The van der Waals surface area contributed by atoms with Gasteiger partial charge in [0.1, 0.15) is 0 Å². The molecule has 0 spiro atoms. The number of rotatable bonds is 1. The van der Waals surface area contributed by atoms with Crippen LogP contribution in [0.25, 0.3) is 5.57 Å². The topological polar surface area (TPSA) is 0 Å². The fourth-order valence-corrected chi connectivity index (χ4v) is 3.82. The molecule has 0 nitrogen and oxygen atoms in total. The largest absolute Gasteiger partial charge is 0.0626 e. The molecule has 0 heterocycles. The van der Waals surface area contributed by atoms with Crippen LogP contribution in [-0.2, 0) is 12.8 Å². The fourth-order valence-electron chi connectivity index (χ4n) is 3.82. The van der Waals surface area contributed by atoms with Crippen LogP contribution in [0.2, 0.25) is 0 Å². The summed E-state index contributed by atoms with van der Waals surface area (Å²) in [6.45, 7) is 0. The molecule has 0 saturated carbocycles. The summed E-state index contributed by atoms with van der Waals surface area (Å²) in [5.74, 6) is 0. The number of fused-ring (bicyclic) bond motifs is 1. The van der Waals surface area contributed by atoms with E-state index in [1.807, 2.05) is 0 Å². The molecular weight excluding hydrogens is 216 g/mol. The predicted molar refractivity (Wildman–Crippen MR) is 76.6 cm³/mol. The molecule has 3 aliphatic carbocycles. The number of allylic oxidation sites excluding steroid dienone is 4. The number of benzene rings is 1. The Bertz CT molecular complexity index is 557. The molecule has 0 unspecified atom stereocenters. The van der Waals surface area contributed by atoms with E-state index in [4.69, 9.17) is 0 Å². The summed E-state index contributed by atoms with van der Waals surface area (Å²) >= 11 is 0. The van der Waals surface area contributed by atoms with Crippen molar-refractivity contribution in [3.8, 4) is 0 Å². The first-order chi connectivity index (χ1) is 8.90. The smallest absolute Gasteiger partial charge is 0.00552 e. The van der Waals surface area contributed by atoms with Crippen molar-refractivity contribution in [2.24, 2.45) is 0 Å². The second-order valence-electron chi connectivity index (χ2n) is 6.02. The first-order valence-corrected chi connectivity index (χ1v) is 7.44. The van der Waals surface area contributed by atoms with Crippen LogP contribution >= 0.6 is 0 Å². The molecule has 0 atom stereocenters. The van der Waals surface area contributed by atoms with Gasteiger partial charge in [-0.1, -0.05) is 29.8 Å². The molecule has 0 heteroatoms. The van der Waals surface area contributed by atoms with Gasteiger partial charge in [0, 0.05) is 0 Å². The van der Waals surface area contributed by atoms with E-state index < -0.39 is 0 Å². The summed E-state index contributed by atoms with van der Waals surface area (Å²) in [7, 11) is 0. The molecule has 18 heavy (non-hydrogen) atoms. The van der Waals surface area contributed by atoms with Gasteiger partial charge in [-0.05, 0) is 79.2 Å². The van der Waals surface area contributed by atoms with Crippen LogP contribution in [0, 0.1) is 0 Å². The summed E-state index contributed by atoms with van der Waals surface area (Å²) in [5, 5.41) is 0. The van der Waals surface area contributed by atoms with E-state index in [-0.39, 0.29) is 0 Å². The van der Waals surface area contributed by atoms with Crippen molar-refractivity contribution in [3.05, 3.63) is 52.1 Å². The Hall–Kier alpha value is -1.30. The van der Waals surface area contributed by atoms with E-state index in [2.05, 4.69) is 24.3 Å². The maximum atomic E-state index is 2.49. The van der Waals surface area contributed by atoms with Crippen LogP contribution in [0.4, 0.5) is 0 Å². The Morgan fingerprint density at radius 3 is 2.61 bits per heavy atom. The van der Waals surface area contributed by atoms with E-state index in [0.29, 0.717) is 0 Å². The summed E-state index contributed by atoms with van der Waals surface area (Å²) < 4.78 is 0. The van der Waals surface area contributed by atoms with Gasteiger partial charge in [0.15, 0.2) is 0 Å². The number of hydrogen-bond donors (Lipinski definition) is 0. The molecule has 4 rings (SSSR count). The maximum absolute atomic E-state index is 2.49. The third-order valence-corrected chi connectivity index (χ3v) is 4.85.